The topological polar surface area (TPSA) is 20.3 Å². The molecule has 2 nitrogen and oxygen atoms in total. The van der Waals surface area contributed by atoms with Crippen LogP contribution in [0, 0.1) is 11.8 Å². The van der Waals surface area contributed by atoms with Crippen LogP contribution in [0.3, 0.4) is 0 Å². The van der Waals surface area contributed by atoms with E-state index in [0.29, 0.717) is 23.8 Å². The zero-order chi connectivity index (χ0) is 9.42. The van der Waals surface area contributed by atoms with Crippen molar-refractivity contribution in [2.75, 3.05) is 11.9 Å². The van der Waals surface area contributed by atoms with Crippen molar-refractivity contribution in [2.24, 2.45) is 11.8 Å². The maximum absolute atomic E-state index is 11.8. The van der Waals surface area contributed by atoms with Gasteiger partial charge in [-0.05, 0) is 25.2 Å². The van der Waals surface area contributed by atoms with Gasteiger partial charge >= 0.3 is 0 Å². The van der Waals surface area contributed by atoms with Gasteiger partial charge in [-0.3, -0.25) is 4.79 Å². The quantitative estimate of drug-likeness (QED) is 0.683. The largest absolute Gasteiger partial charge is 0.338 e. The summed E-state index contributed by atoms with van der Waals surface area (Å²) < 4.78 is 0. The first-order chi connectivity index (χ1) is 6.24. The van der Waals surface area contributed by atoms with Crippen molar-refractivity contribution in [3.8, 4) is 0 Å². The highest BCUT2D eigenvalue weighted by Crippen LogP contribution is 2.35. The zero-order valence-electron chi connectivity index (χ0n) is 8.00. The minimum absolute atomic E-state index is 0.381. The fourth-order valence-corrected chi connectivity index (χ4v) is 3.07. The van der Waals surface area contributed by atoms with Crippen molar-refractivity contribution in [3.05, 3.63) is 0 Å². The molecule has 74 valence electrons. The molecule has 2 aliphatic rings. The Labute approximate surface area is 87.8 Å². The summed E-state index contributed by atoms with van der Waals surface area (Å²) in [6.45, 7) is 3.22. The van der Waals surface area contributed by atoms with E-state index >= 15 is 0 Å². The average molecular weight is 246 g/mol. The monoisotopic (exact) mass is 245 g/mol. The van der Waals surface area contributed by atoms with E-state index in [2.05, 4.69) is 27.8 Å². The third-order valence-corrected chi connectivity index (χ3v) is 3.91. The Bertz CT molecular complexity index is 215. The third kappa shape index (κ3) is 1.76. The summed E-state index contributed by atoms with van der Waals surface area (Å²) in [7, 11) is 0. The summed E-state index contributed by atoms with van der Waals surface area (Å²) in [6.07, 6.45) is 3.42. The second-order valence-electron chi connectivity index (χ2n) is 4.29. The molecule has 1 saturated carbocycles. The number of hydrogen-bond donors (Lipinski definition) is 0. The Hall–Kier alpha value is -0.0500. The summed E-state index contributed by atoms with van der Waals surface area (Å²) in [6, 6.07) is 0.452. The Balaban J connectivity index is 2.01. The number of likely N-dealkylation sites (tertiary alicyclic amines) is 1. The van der Waals surface area contributed by atoms with Gasteiger partial charge < -0.3 is 4.90 Å². The van der Waals surface area contributed by atoms with Gasteiger partial charge in [-0.2, -0.15) is 0 Å². The van der Waals surface area contributed by atoms with Crippen molar-refractivity contribution >= 4 is 21.8 Å². The van der Waals surface area contributed by atoms with E-state index in [4.69, 9.17) is 0 Å². The average Bonchev–Trinajstić information content (AvgIpc) is 2.89. The third-order valence-electron chi connectivity index (χ3n) is 3.25. The molecule has 2 unspecified atom stereocenters. The van der Waals surface area contributed by atoms with Crippen molar-refractivity contribution < 1.29 is 4.79 Å². The molecule has 1 amide bonds. The van der Waals surface area contributed by atoms with Crippen molar-refractivity contribution in [1.29, 1.82) is 0 Å². The van der Waals surface area contributed by atoms with Gasteiger partial charge in [0, 0.05) is 23.8 Å². The number of halogens is 1. The summed E-state index contributed by atoms with van der Waals surface area (Å²) in [4.78, 5) is 13.9. The molecule has 2 atom stereocenters. The van der Waals surface area contributed by atoms with Gasteiger partial charge in [-0.15, -0.1) is 0 Å². The van der Waals surface area contributed by atoms with E-state index in [1.807, 2.05) is 0 Å². The van der Waals surface area contributed by atoms with Gasteiger partial charge in [0.25, 0.3) is 0 Å². The van der Waals surface area contributed by atoms with Crippen LogP contribution < -0.4 is 0 Å². The van der Waals surface area contributed by atoms with Gasteiger partial charge in [0.05, 0.1) is 0 Å². The minimum Gasteiger partial charge on any atom is -0.338 e. The summed E-state index contributed by atoms with van der Waals surface area (Å²) in [5.74, 6) is 1.46. The molecule has 1 heterocycles. The van der Waals surface area contributed by atoms with E-state index in [0.717, 1.165) is 24.7 Å². The Kier molecular flexibility index (Phi) is 2.63. The molecule has 0 N–H and O–H groups in total. The molecule has 2 fully saturated rings. The Morgan fingerprint density at radius 3 is 2.69 bits per heavy atom. The lowest BCUT2D eigenvalue weighted by Gasteiger charge is -2.25. The predicted octanol–water partition coefficient (Wildman–Crippen LogP) is 2.03. The van der Waals surface area contributed by atoms with Gasteiger partial charge in [-0.25, -0.2) is 0 Å². The summed E-state index contributed by atoms with van der Waals surface area (Å²) in [5.41, 5.74) is 0. The Morgan fingerprint density at radius 2 is 2.15 bits per heavy atom. The molecular formula is C10H16BrNO. The number of carbonyl (C=O) groups is 1. The number of amides is 1. The van der Waals surface area contributed by atoms with Crippen molar-refractivity contribution in [3.63, 3.8) is 0 Å². The molecule has 0 radical (unpaired) electrons. The van der Waals surface area contributed by atoms with Crippen LogP contribution in [-0.2, 0) is 4.79 Å². The fourth-order valence-electron chi connectivity index (χ4n) is 2.08. The van der Waals surface area contributed by atoms with E-state index in [1.165, 1.54) is 6.42 Å². The number of alkyl halides is 1. The smallest absolute Gasteiger partial charge is 0.225 e. The van der Waals surface area contributed by atoms with Crippen molar-refractivity contribution in [1.82, 2.24) is 4.90 Å². The molecule has 1 aliphatic carbocycles. The first-order valence-corrected chi connectivity index (χ1v) is 6.22. The van der Waals surface area contributed by atoms with Gasteiger partial charge in [0.15, 0.2) is 0 Å². The van der Waals surface area contributed by atoms with E-state index in [-0.39, 0.29) is 0 Å². The molecule has 0 spiro atoms. The van der Waals surface area contributed by atoms with Crippen LogP contribution in [0.4, 0.5) is 0 Å². The second kappa shape index (κ2) is 3.60. The second-order valence-corrected chi connectivity index (χ2v) is 4.94. The highest BCUT2D eigenvalue weighted by Gasteiger charge is 2.40. The van der Waals surface area contributed by atoms with Crippen LogP contribution in [0.5, 0.6) is 0 Å². The number of nitrogens with zero attached hydrogens (tertiary/aromatic N) is 1. The normalized spacial score (nSPS) is 33.8. The van der Waals surface area contributed by atoms with Crippen LogP contribution in [-0.4, -0.2) is 28.7 Å². The highest BCUT2D eigenvalue weighted by molar-refractivity contribution is 9.09. The molecular weight excluding hydrogens is 230 g/mol. The molecule has 0 aromatic carbocycles. The van der Waals surface area contributed by atoms with Crippen LogP contribution >= 0.6 is 15.9 Å². The molecule has 2 rings (SSSR count). The molecule has 13 heavy (non-hydrogen) atoms. The van der Waals surface area contributed by atoms with Crippen LogP contribution in [0.1, 0.15) is 26.2 Å². The molecule has 0 aromatic heterocycles. The summed E-state index contributed by atoms with van der Waals surface area (Å²) >= 11 is 3.50. The number of rotatable bonds is 2. The molecule has 0 bridgehead atoms. The van der Waals surface area contributed by atoms with E-state index in [1.54, 1.807) is 0 Å². The summed E-state index contributed by atoms with van der Waals surface area (Å²) in [5, 5.41) is 0.937. The van der Waals surface area contributed by atoms with Crippen LogP contribution in [0.15, 0.2) is 0 Å². The SMILES string of the molecule is CC1CCN(C(=O)C2CC2)C1CBr. The van der Waals surface area contributed by atoms with Gasteiger partial charge in [0.1, 0.15) is 0 Å². The first-order valence-electron chi connectivity index (χ1n) is 5.10. The first kappa shape index (κ1) is 9.50. The lowest BCUT2D eigenvalue weighted by molar-refractivity contribution is -0.133. The fraction of sp³-hybridized carbons (Fsp3) is 0.900. The zero-order valence-corrected chi connectivity index (χ0v) is 9.59. The standard InChI is InChI=1S/C10H16BrNO/c1-7-4-5-12(9(7)6-11)10(13)8-2-3-8/h7-9H,2-6H2,1H3. The lowest BCUT2D eigenvalue weighted by atomic mass is 10.1. The predicted molar refractivity (Wildman–Crippen MR) is 55.8 cm³/mol. The van der Waals surface area contributed by atoms with Crippen LogP contribution in [0.25, 0.3) is 0 Å². The van der Waals surface area contributed by atoms with E-state index in [9.17, 15) is 4.79 Å². The molecule has 1 saturated heterocycles. The van der Waals surface area contributed by atoms with E-state index < -0.39 is 0 Å². The molecule has 3 heteroatoms. The lowest BCUT2D eigenvalue weighted by Crippen LogP contribution is -2.39. The Morgan fingerprint density at radius 1 is 1.46 bits per heavy atom. The maximum atomic E-state index is 11.8. The highest BCUT2D eigenvalue weighted by atomic mass is 79.9. The maximum Gasteiger partial charge on any atom is 0.225 e. The minimum atomic E-state index is 0.381. The number of hydrogen-bond acceptors (Lipinski definition) is 1. The van der Waals surface area contributed by atoms with Crippen LogP contribution in [0.2, 0.25) is 0 Å². The van der Waals surface area contributed by atoms with Crippen molar-refractivity contribution in [2.45, 2.75) is 32.2 Å². The van der Waals surface area contributed by atoms with Gasteiger partial charge in [-0.1, -0.05) is 22.9 Å². The molecule has 1 aliphatic heterocycles. The number of carbonyl (C=O) groups excluding carboxylic acids is 1. The molecule has 0 aromatic rings. The van der Waals surface area contributed by atoms with Gasteiger partial charge in [0.2, 0.25) is 5.91 Å².